The Hall–Kier alpha value is -4.37. The summed E-state index contributed by atoms with van der Waals surface area (Å²) in [5.41, 5.74) is -0.0837. The number of hydrogen-bond acceptors (Lipinski definition) is 8. The van der Waals surface area contributed by atoms with Gasteiger partial charge in [0.15, 0.2) is 5.54 Å². The highest BCUT2D eigenvalue weighted by Crippen LogP contribution is 2.55. The van der Waals surface area contributed by atoms with Gasteiger partial charge < -0.3 is 18.9 Å². The molecule has 2 heterocycles. The molecular weight excluding hydrogens is 500 g/mol. The first-order valence-electron chi connectivity index (χ1n) is 12.7. The molecule has 0 unspecified atom stereocenters. The van der Waals surface area contributed by atoms with Crippen LogP contribution in [-0.4, -0.2) is 45.7 Å². The summed E-state index contributed by atoms with van der Waals surface area (Å²) in [7, 11) is 4.34. The lowest BCUT2D eigenvalue weighted by Crippen LogP contribution is -2.53. The number of nitrogens with one attached hydrogen (secondary N) is 1. The second kappa shape index (κ2) is 10.4. The van der Waals surface area contributed by atoms with Crippen LogP contribution in [0.3, 0.4) is 0 Å². The Labute approximate surface area is 226 Å². The summed E-state index contributed by atoms with van der Waals surface area (Å²) in [6, 6.07) is 20.1. The van der Waals surface area contributed by atoms with E-state index >= 15 is 0 Å². The Morgan fingerprint density at radius 2 is 1.59 bits per heavy atom. The van der Waals surface area contributed by atoms with Gasteiger partial charge in [0.1, 0.15) is 17.2 Å². The van der Waals surface area contributed by atoms with Crippen LogP contribution in [0.25, 0.3) is 0 Å². The van der Waals surface area contributed by atoms with E-state index in [2.05, 4.69) is 5.32 Å². The Bertz CT molecular complexity index is 1390. The summed E-state index contributed by atoms with van der Waals surface area (Å²) in [6.07, 6.45) is 0. The molecule has 5 rings (SSSR count). The first kappa shape index (κ1) is 26.2. The third-order valence-corrected chi connectivity index (χ3v) is 7.48. The number of fused-ring (bicyclic) bond motifs is 1. The molecule has 9 heteroatoms. The molecule has 9 nitrogen and oxygen atoms in total. The van der Waals surface area contributed by atoms with Crippen molar-refractivity contribution in [1.29, 1.82) is 0 Å². The van der Waals surface area contributed by atoms with Crippen LogP contribution in [0.2, 0.25) is 0 Å². The fraction of sp³-hybridized carbons (Fsp3) is 0.300. The molecule has 3 aromatic carbocycles. The van der Waals surface area contributed by atoms with Crippen molar-refractivity contribution < 1.29 is 33.3 Å². The number of nitrogens with zero attached hydrogens (tertiary/aromatic N) is 1. The maximum atomic E-state index is 14.2. The molecule has 2 aliphatic rings. The maximum absolute atomic E-state index is 14.2. The van der Waals surface area contributed by atoms with Crippen molar-refractivity contribution in [3.63, 3.8) is 0 Å². The molecule has 0 radical (unpaired) electrons. The van der Waals surface area contributed by atoms with Crippen molar-refractivity contribution in [1.82, 2.24) is 5.32 Å². The Kier molecular flexibility index (Phi) is 7.01. The third kappa shape index (κ3) is 4.10. The van der Waals surface area contributed by atoms with E-state index < -0.39 is 41.2 Å². The van der Waals surface area contributed by atoms with E-state index in [1.165, 1.54) is 14.2 Å². The van der Waals surface area contributed by atoms with Gasteiger partial charge in [0.05, 0.1) is 45.5 Å². The number of anilines is 1. The Morgan fingerprint density at radius 1 is 0.897 bits per heavy atom. The number of ether oxygens (including phenoxy) is 4. The molecular formula is C30H30N2O7. The summed E-state index contributed by atoms with van der Waals surface area (Å²) in [6.45, 7) is 2.36. The van der Waals surface area contributed by atoms with Gasteiger partial charge in [0.2, 0.25) is 11.8 Å². The van der Waals surface area contributed by atoms with E-state index in [0.29, 0.717) is 40.7 Å². The van der Waals surface area contributed by atoms with Crippen molar-refractivity contribution in [2.45, 2.75) is 18.5 Å². The van der Waals surface area contributed by atoms with Crippen LogP contribution in [0.5, 0.6) is 17.2 Å². The first-order chi connectivity index (χ1) is 18.9. The number of carbonyl (C=O) groups is 3. The lowest BCUT2D eigenvalue weighted by Gasteiger charge is -2.33. The van der Waals surface area contributed by atoms with Gasteiger partial charge in [-0.3, -0.25) is 14.9 Å². The van der Waals surface area contributed by atoms with Gasteiger partial charge in [0, 0.05) is 17.7 Å². The zero-order chi connectivity index (χ0) is 27.7. The van der Waals surface area contributed by atoms with Crippen molar-refractivity contribution in [2.24, 2.45) is 11.8 Å². The van der Waals surface area contributed by atoms with Gasteiger partial charge >= 0.3 is 5.97 Å². The summed E-state index contributed by atoms with van der Waals surface area (Å²) < 4.78 is 21.8. The molecule has 39 heavy (non-hydrogen) atoms. The Morgan fingerprint density at radius 3 is 2.21 bits per heavy atom. The van der Waals surface area contributed by atoms with E-state index in [9.17, 15) is 14.4 Å². The molecule has 4 atom stereocenters. The molecule has 0 aromatic heterocycles. The van der Waals surface area contributed by atoms with Gasteiger partial charge in [-0.15, -0.1) is 0 Å². The molecule has 0 aliphatic carbocycles. The smallest absolute Gasteiger partial charge is 0.331 e. The lowest BCUT2D eigenvalue weighted by atomic mass is 9.75. The molecule has 2 amide bonds. The van der Waals surface area contributed by atoms with E-state index in [-0.39, 0.29) is 0 Å². The molecule has 2 saturated heterocycles. The van der Waals surface area contributed by atoms with Crippen molar-refractivity contribution in [2.75, 3.05) is 32.8 Å². The number of methoxy groups -OCH3 is 3. The zero-order valence-electron chi connectivity index (χ0n) is 22.2. The lowest BCUT2D eigenvalue weighted by molar-refractivity contribution is -0.152. The maximum Gasteiger partial charge on any atom is 0.331 e. The highest BCUT2D eigenvalue weighted by Gasteiger charge is 2.70. The number of benzene rings is 3. The van der Waals surface area contributed by atoms with Gasteiger partial charge in [-0.05, 0) is 42.8 Å². The largest absolute Gasteiger partial charge is 0.497 e. The highest BCUT2D eigenvalue weighted by molar-refractivity contribution is 6.24. The van der Waals surface area contributed by atoms with E-state index in [1.807, 2.05) is 13.0 Å². The number of rotatable bonds is 8. The van der Waals surface area contributed by atoms with Crippen LogP contribution in [0.1, 0.15) is 24.1 Å². The van der Waals surface area contributed by atoms with Gasteiger partial charge in [-0.2, -0.15) is 0 Å². The minimum atomic E-state index is -1.62. The van der Waals surface area contributed by atoms with Crippen LogP contribution < -0.4 is 24.4 Å². The molecule has 202 valence electrons. The molecule has 3 aromatic rings. The first-order valence-corrected chi connectivity index (χ1v) is 12.7. The molecule has 2 aliphatic heterocycles. The predicted molar refractivity (Wildman–Crippen MR) is 143 cm³/mol. The van der Waals surface area contributed by atoms with Crippen LogP contribution in [0.15, 0.2) is 72.8 Å². The van der Waals surface area contributed by atoms with E-state index in [4.69, 9.17) is 18.9 Å². The van der Waals surface area contributed by atoms with Crippen LogP contribution in [0.4, 0.5) is 5.69 Å². The summed E-state index contributed by atoms with van der Waals surface area (Å²) in [4.78, 5) is 43.2. The number of amides is 2. The average Bonchev–Trinajstić information content (AvgIpc) is 3.47. The molecule has 0 saturated carbocycles. The molecule has 0 bridgehead atoms. The van der Waals surface area contributed by atoms with Gasteiger partial charge in [-0.25, -0.2) is 9.69 Å². The predicted octanol–water partition coefficient (Wildman–Crippen LogP) is 3.62. The third-order valence-electron chi connectivity index (χ3n) is 7.48. The number of hydrogen-bond donors (Lipinski definition) is 1. The monoisotopic (exact) mass is 530 g/mol. The summed E-state index contributed by atoms with van der Waals surface area (Å²) in [5.74, 6) is -1.94. The molecule has 2 fully saturated rings. The number of esters is 1. The fourth-order valence-electron chi connectivity index (χ4n) is 5.80. The minimum Gasteiger partial charge on any atom is -0.497 e. The van der Waals surface area contributed by atoms with E-state index in [1.54, 1.807) is 73.8 Å². The number of imide groups is 1. The van der Waals surface area contributed by atoms with Gasteiger partial charge in [-0.1, -0.05) is 36.4 Å². The quantitative estimate of drug-likeness (QED) is 0.348. The van der Waals surface area contributed by atoms with Crippen molar-refractivity contribution >= 4 is 23.5 Å². The van der Waals surface area contributed by atoms with Crippen LogP contribution >= 0.6 is 0 Å². The Balaban J connectivity index is 1.70. The number of carbonyl (C=O) groups excluding carboxylic acids is 3. The van der Waals surface area contributed by atoms with Crippen LogP contribution in [0, 0.1) is 11.8 Å². The van der Waals surface area contributed by atoms with Crippen molar-refractivity contribution in [3.05, 3.63) is 83.9 Å². The molecule has 0 spiro atoms. The van der Waals surface area contributed by atoms with Gasteiger partial charge in [0.25, 0.3) is 0 Å². The second-order valence-electron chi connectivity index (χ2n) is 9.34. The highest BCUT2D eigenvalue weighted by atomic mass is 16.5. The standard InChI is InChI=1S/C30H30N2O7/c1-5-39-20-13-11-19(12-14-20)32-27(33)24-25(28(32)34)30(29(35)38-4,18-9-7-6-8-10-18)31-26(24)22-16-15-21(36-2)17-23(22)37-3/h6-17,24-26,31H,5H2,1-4H3/t24-,25+,26-,30-/m0/s1. The SMILES string of the molecule is CCOc1ccc(N2C(=O)[C@@H]3[C@H](c4ccc(OC)cc4OC)N[C@@](C(=O)OC)(c4ccccc4)[C@H]3C2=O)cc1. The fourth-order valence-corrected chi connectivity index (χ4v) is 5.80. The molecule has 1 N–H and O–H groups in total. The normalized spacial score (nSPS) is 23.9. The zero-order valence-corrected chi connectivity index (χ0v) is 22.2. The van der Waals surface area contributed by atoms with Crippen molar-refractivity contribution in [3.8, 4) is 17.2 Å². The minimum absolute atomic E-state index is 0.398. The van der Waals surface area contributed by atoms with Crippen LogP contribution in [-0.2, 0) is 24.7 Å². The summed E-state index contributed by atoms with van der Waals surface area (Å²) >= 11 is 0. The summed E-state index contributed by atoms with van der Waals surface area (Å²) in [5, 5.41) is 3.38. The topological polar surface area (TPSA) is 103 Å². The second-order valence-corrected chi connectivity index (χ2v) is 9.34. The average molecular weight is 531 g/mol. The van der Waals surface area contributed by atoms with E-state index in [0.717, 1.165) is 4.90 Å².